The molecule has 8 nitrogen and oxygen atoms in total. The number of hydrogen-bond donors (Lipinski definition) is 5. The van der Waals surface area contributed by atoms with Crippen LogP contribution in [0.2, 0.25) is 0 Å². The second kappa shape index (κ2) is 7.59. The fourth-order valence-electron chi connectivity index (χ4n) is 3.03. The van der Waals surface area contributed by atoms with Crippen LogP contribution in [0, 0.1) is 0 Å². The average molecular weight is 405 g/mol. The van der Waals surface area contributed by atoms with E-state index in [1.807, 2.05) is 12.1 Å². The zero-order valence-electron chi connectivity index (χ0n) is 15.9. The molecule has 152 valence electrons. The van der Waals surface area contributed by atoms with Crippen LogP contribution in [0.3, 0.4) is 0 Å². The first-order valence-electron chi connectivity index (χ1n) is 9.00. The highest BCUT2D eigenvalue weighted by Crippen LogP contribution is 2.34. The van der Waals surface area contributed by atoms with E-state index in [1.165, 1.54) is 35.3 Å². The molecule has 0 aromatic heterocycles. The quantitative estimate of drug-likeness (QED) is 0.452. The number of hydrogen-bond acceptors (Lipinski definition) is 8. The van der Waals surface area contributed by atoms with E-state index in [2.05, 4.69) is 10.4 Å². The molecule has 0 spiro atoms. The molecule has 0 atom stereocenters. The van der Waals surface area contributed by atoms with Crippen molar-refractivity contribution in [3.05, 3.63) is 78.0 Å². The average Bonchev–Trinajstić information content (AvgIpc) is 2.73. The van der Waals surface area contributed by atoms with E-state index in [1.54, 1.807) is 31.5 Å². The molecule has 0 bridgehead atoms. The first-order valence-corrected chi connectivity index (χ1v) is 9.00. The Bertz CT molecular complexity index is 1160. The third-order valence-corrected chi connectivity index (χ3v) is 4.55. The van der Waals surface area contributed by atoms with Gasteiger partial charge in [-0.15, -0.1) is 0 Å². The second-order valence-electron chi connectivity index (χ2n) is 6.56. The van der Waals surface area contributed by atoms with Crippen LogP contribution in [-0.2, 0) is 0 Å². The van der Waals surface area contributed by atoms with Crippen LogP contribution >= 0.6 is 0 Å². The number of amidine groups is 1. The van der Waals surface area contributed by atoms with Gasteiger partial charge in [0.25, 0.3) is 0 Å². The van der Waals surface area contributed by atoms with Gasteiger partial charge in [0.15, 0.2) is 5.84 Å². The second-order valence-corrected chi connectivity index (χ2v) is 6.56. The summed E-state index contributed by atoms with van der Waals surface area (Å²) in [5.41, 5.74) is 5.07. The minimum atomic E-state index is -0.160. The molecule has 1 aliphatic heterocycles. The largest absolute Gasteiger partial charge is 0.508 e. The monoisotopic (exact) mass is 405 g/mol. The summed E-state index contributed by atoms with van der Waals surface area (Å²) in [6, 6.07) is 15.7. The Morgan fingerprint density at radius 2 is 1.50 bits per heavy atom. The Morgan fingerprint density at radius 1 is 0.833 bits per heavy atom. The summed E-state index contributed by atoms with van der Waals surface area (Å²) >= 11 is 0. The molecule has 8 heteroatoms. The van der Waals surface area contributed by atoms with Crippen molar-refractivity contribution in [1.82, 2.24) is 5.43 Å². The van der Waals surface area contributed by atoms with Gasteiger partial charge >= 0.3 is 0 Å². The van der Waals surface area contributed by atoms with Gasteiger partial charge in [-0.1, -0.05) is 0 Å². The van der Waals surface area contributed by atoms with Crippen LogP contribution in [-0.4, -0.2) is 33.4 Å². The van der Waals surface area contributed by atoms with E-state index in [0.29, 0.717) is 28.5 Å². The topological polar surface area (TPSA) is 118 Å². The zero-order valence-corrected chi connectivity index (χ0v) is 15.9. The molecule has 0 fully saturated rings. The fourth-order valence-corrected chi connectivity index (χ4v) is 3.03. The molecule has 3 aromatic carbocycles. The van der Waals surface area contributed by atoms with Crippen molar-refractivity contribution in [2.45, 2.75) is 0 Å². The minimum absolute atomic E-state index is 0.0716. The SMILES string of the molecule is COc1ccc(C2=CN(c3ccc(O)cc3O)NC(c3ccc(O)cc3O)=N2)cc1. The highest BCUT2D eigenvalue weighted by atomic mass is 16.5. The Balaban J connectivity index is 1.82. The predicted molar refractivity (Wildman–Crippen MR) is 113 cm³/mol. The first kappa shape index (κ1) is 19.0. The number of rotatable bonds is 4. The molecule has 0 amide bonds. The van der Waals surface area contributed by atoms with Crippen LogP contribution in [0.4, 0.5) is 5.69 Å². The lowest BCUT2D eigenvalue weighted by Gasteiger charge is -2.29. The van der Waals surface area contributed by atoms with E-state index >= 15 is 0 Å². The summed E-state index contributed by atoms with van der Waals surface area (Å²) in [6.07, 6.45) is 1.68. The number of benzene rings is 3. The predicted octanol–water partition coefficient (Wildman–Crippen LogP) is 3.29. The van der Waals surface area contributed by atoms with Gasteiger partial charge in [-0.2, -0.15) is 0 Å². The van der Waals surface area contributed by atoms with E-state index in [4.69, 9.17) is 4.74 Å². The lowest BCUT2D eigenvalue weighted by atomic mass is 10.1. The Kier molecular flexibility index (Phi) is 4.81. The highest BCUT2D eigenvalue weighted by Gasteiger charge is 2.21. The molecule has 5 N–H and O–H groups in total. The molecule has 0 aliphatic carbocycles. The van der Waals surface area contributed by atoms with E-state index < -0.39 is 0 Å². The van der Waals surface area contributed by atoms with E-state index in [0.717, 1.165) is 5.56 Å². The Labute approximate surface area is 172 Å². The van der Waals surface area contributed by atoms with Crippen LogP contribution < -0.4 is 15.2 Å². The molecule has 1 aliphatic rings. The molecular weight excluding hydrogens is 386 g/mol. The van der Waals surface area contributed by atoms with Crippen LogP contribution in [0.15, 0.2) is 71.9 Å². The lowest BCUT2D eigenvalue weighted by molar-refractivity contribution is 0.415. The normalized spacial score (nSPS) is 13.3. The van der Waals surface area contributed by atoms with Crippen molar-refractivity contribution in [3.63, 3.8) is 0 Å². The number of aromatic hydroxyl groups is 4. The van der Waals surface area contributed by atoms with Gasteiger partial charge < -0.3 is 25.2 Å². The summed E-state index contributed by atoms with van der Waals surface area (Å²) in [5, 5.41) is 41.3. The van der Waals surface area contributed by atoms with Gasteiger partial charge in [0.05, 0.1) is 24.6 Å². The number of phenols is 4. The molecule has 30 heavy (non-hydrogen) atoms. The van der Waals surface area contributed by atoms with Crippen molar-refractivity contribution in [2.24, 2.45) is 4.99 Å². The summed E-state index contributed by atoms with van der Waals surface area (Å²) in [7, 11) is 1.58. The molecule has 0 radical (unpaired) electrons. The Hall–Kier alpha value is -4.33. The number of ether oxygens (including phenoxy) is 1. The van der Waals surface area contributed by atoms with Crippen molar-refractivity contribution in [2.75, 3.05) is 12.1 Å². The molecule has 0 saturated heterocycles. The standard InChI is InChI=1S/C22H19N3O5/c1-30-16-6-2-13(3-7-16)18-12-25(19-9-5-15(27)11-21(19)29)24-22(23-18)17-8-4-14(26)10-20(17)28/h2-12,26-29H,1H3,(H,23,24). The maximum absolute atomic E-state index is 10.3. The molecule has 1 heterocycles. The number of nitrogens with one attached hydrogen (secondary N) is 1. The number of aliphatic imine (C=N–C) groups is 1. The maximum atomic E-state index is 10.3. The van der Waals surface area contributed by atoms with Crippen LogP contribution in [0.5, 0.6) is 28.7 Å². The number of phenolic OH excluding ortho intramolecular Hbond substituents is 4. The van der Waals surface area contributed by atoms with Gasteiger partial charge in [-0.05, 0) is 48.5 Å². The summed E-state index contributed by atoms with van der Waals surface area (Å²) < 4.78 is 5.20. The third-order valence-electron chi connectivity index (χ3n) is 4.55. The first-order chi connectivity index (χ1) is 14.4. The van der Waals surface area contributed by atoms with Gasteiger partial charge in [0.2, 0.25) is 0 Å². The van der Waals surface area contributed by atoms with Crippen LogP contribution in [0.1, 0.15) is 11.1 Å². The lowest BCUT2D eigenvalue weighted by Crippen LogP contribution is -2.41. The molecule has 3 aromatic rings. The maximum Gasteiger partial charge on any atom is 0.156 e. The summed E-state index contributed by atoms with van der Waals surface area (Å²) in [6.45, 7) is 0. The van der Waals surface area contributed by atoms with Crippen molar-refractivity contribution < 1.29 is 25.2 Å². The molecular formula is C22H19N3O5. The summed E-state index contributed by atoms with van der Waals surface area (Å²) in [5.74, 6) is 0.537. The van der Waals surface area contributed by atoms with Crippen LogP contribution in [0.25, 0.3) is 5.70 Å². The zero-order chi connectivity index (χ0) is 21.3. The van der Waals surface area contributed by atoms with Crippen molar-refractivity contribution >= 4 is 17.2 Å². The van der Waals surface area contributed by atoms with E-state index in [-0.39, 0.29) is 23.0 Å². The van der Waals surface area contributed by atoms with Gasteiger partial charge in [0, 0.05) is 17.7 Å². The molecule has 0 saturated carbocycles. The van der Waals surface area contributed by atoms with Crippen molar-refractivity contribution in [3.8, 4) is 28.7 Å². The van der Waals surface area contributed by atoms with Crippen molar-refractivity contribution in [1.29, 1.82) is 0 Å². The highest BCUT2D eigenvalue weighted by molar-refractivity contribution is 6.06. The number of methoxy groups -OCH3 is 1. The number of nitrogens with zero attached hydrogens (tertiary/aromatic N) is 2. The number of hydrazine groups is 1. The van der Waals surface area contributed by atoms with Gasteiger partial charge in [-0.3, -0.25) is 10.4 Å². The Morgan fingerprint density at radius 3 is 2.13 bits per heavy atom. The summed E-state index contributed by atoms with van der Waals surface area (Å²) in [4.78, 5) is 4.60. The molecule has 0 unspecified atom stereocenters. The van der Waals surface area contributed by atoms with E-state index in [9.17, 15) is 20.4 Å². The molecule has 4 rings (SSSR count). The minimum Gasteiger partial charge on any atom is -0.508 e. The fraction of sp³-hybridized carbons (Fsp3) is 0.0455. The van der Waals surface area contributed by atoms with Gasteiger partial charge in [0.1, 0.15) is 34.4 Å². The number of anilines is 1. The van der Waals surface area contributed by atoms with Gasteiger partial charge in [-0.25, -0.2) is 4.99 Å². The smallest absolute Gasteiger partial charge is 0.156 e. The third kappa shape index (κ3) is 3.66.